The van der Waals surface area contributed by atoms with E-state index in [2.05, 4.69) is 15.9 Å². The lowest BCUT2D eigenvalue weighted by Gasteiger charge is -2.30. The first-order chi connectivity index (χ1) is 11.0. The highest BCUT2D eigenvalue weighted by atomic mass is 79.9. The van der Waals surface area contributed by atoms with Crippen LogP contribution in [0.5, 0.6) is 0 Å². The second-order valence-electron chi connectivity index (χ2n) is 6.14. The highest BCUT2D eigenvalue weighted by Gasteiger charge is 2.46. The van der Waals surface area contributed by atoms with Crippen molar-refractivity contribution in [1.29, 1.82) is 0 Å². The van der Waals surface area contributed by atoms with E-state index < -0.39 is 0 Å². The Morgan fingerprint density at radius 2 is 1.78 bits per heavy atom. The molecular formula is C16H19BrN3O3+. The molecule has 3 rings (SSSR count). The molecule has 0 radical (unpaired) electrons. The fraction of sp³-hybridized carbons (Fsp3) is 0.438. The number of carbonyl (C=O) groups is 3. The average molecular weight is 381 g/mol. The van der Waals surface area contributed by atoms with Gasteiger partial charge in [0.05, 0.1) is 25.2 Å². The maximum absolute atomic E-state index is 12.7. The summed E-state index contributed by atoms with van der Waals surface area (Å²) in [7, 11) is 0. The predicted octanol–water partition coefficient (Wildman–Crippen LogP) is -0.139. The number of quaternary nitrogens is 1. The van der Waals surface area contributed by atoms with Crippen molar-refractivity contribution >= 4 is 39.3 Å². The number of rotatable bonds is 3. The van der Waals surface area contributed by atoms with E-state index in [-0.39, 0.29) is 36.1 Å². The van der Waals surface area contributed by atoms with Crippen LogP contribution in [-0.4, -0.2) is 36.9 Å². The molecule has 2 aliphatic rings. The summed E-state index contributed by atoms with van der Waals surface area (Å²) < 4.78 is 0.899. The van der Waals surface area contributed by atoms with E-state index in [1.54, 1.807) is 12.1 Å². The minimum atomic E-state index is -0.347. The van der Waals surface area contributed by atoms with Gasteiger partial charge in [0, 0.05) is 23.2 Å². The molecule has 0 bridgehead atoms. The van der Waals surface area contributed by atoms with Crippen molar-refractivity contribution in [2.75, 3.05) is 18.0 Å². The number of amides is 3. The van der Waals surface area contributed by atoms with Gasteiger partial charge in [-0.05, 0) is 24.3 Å². The number of halogens is 1. The van der Waals surface area contributed by atoms with Gasteiger partial charge in [0.1, 0.15) is 0 Å². The fourth-order valence-electron chi connectivity index (χ4n) is 3.43. The number of likely N-dealkylation sites (tertiary alicyclic amines) is 1. The number of nitrogens with zero attached hydrogens (tertiary/aromatic N) is 1. The first kappa shape index (κ1) is 16.1. The Labute approximate surface area is 142 Å². The molecule has 0 spiro atoms. The number of primary amides is 1. The third kappa shape index (κ3) is 3.16. The Hall–Kier alpha value is -1.73. The molecule has 3 N–H and O–H groups in total. The summed E-state index contributed by atoms with van der Waals surface area (Å²) in [5.74, 6) is -0.681. The number of hydrogen-bond donors (Lipinski definition) is 2. The molecule has 1 atom stereocenters. The van der Waals surface area contributed by atoms with E-state index >= 15 is 0 Å². The van der Waals surface area contributed by atoms with Crippen LogP contribution < -0.4 is 15.5 Å². The van der Waals surface area contributed by atoms with Gasteiger partial charge in [-0.2, -0.15) is 0 Å². The van der Waals surface area contributed by atoms with Crippen molar-refractivity contribution in [2.45, 2.75) is 25.3 Å². The SMILES string of the molecule is NC(=O)C1CC[NH+](C2CC(=O)N(c3ccc(Br)cc3)C2=O)CC1. The zero-order valence-corrected chi connectivity index (χ0v) is 14.2. The van der Waals surface area contributed by atoms with Crippen LogP contribution in [0.2, 0.25) is 0 Å². The van der Waals surface area contributed by atoms with Crippen LogP contribution in [0.4, 0.5) is 5.69 Å². The maximum Gasteiger partial charge on any atom is 0.292 e. The van der Waals surface area contributed by atoms with Crippen LogP contribution in [0.3, 0.4) is 0 Å². The highest BCUT2D eigenvalue weighted by Crippen LogP contribution is 2.24. The van der Waals surface area contributed by atoms with E-state index in [4.69, 9.17) is 5.73 Å². The van der Waals surface area contributed by atoms with E-state index in [9.17, 15) is 14.4 Å². The summed E-state index contributed by atoms with van der Waals surface area (Å²) in [5, 5.41) is 0. The molecule has 6 nitrogen and oxygen atoms in total. The zero-order valence-electron chi connectivity index (χ0n) is 12.6. The molecule has 0 aliphatic carbocycles. The van der Waals surface area contributed by atoms with Crippen molar-refractivity contribution in [3.05, 3.63) is 28.7 Å². The van der Waals surface area contributed by atoms with Gasteiger partial charge in [-0.15, -0.1) is 0 Å². The normalized spacial score (nSPS) is 28.2. The van der Waals surface area contributed by atoms with E-state index in [1.165, 1.54) is 4.90 Å². The van der Waals surface area contributed by atoms with Crippen molar-refractivity contribution < 1.29 is 19.3 Å². The van der Waals surface area contributed by atoms with Crippen LogP contribution in [0.25, 0.3) is 0 Å². The standard InChI is InChI=1S/C16H18BrN3O3/c17-11-1-3-12(4-2-11)20-14(21)9-13(16(20)23)19-7-5-10(6-8-19)15(18)22/h1-4,10,13H,5-9H2,(H2,18,22)/p+1. The molecule has 2 heterocycles. The number of hydrogen-bond acceptors (Lipinski definition) is 3. The smallest absolute Gasteiger partial charge is 0.292 e. The van der Waals surface area contributed by atoms with Crippen molar-refractivity contribution in [3.8, 4) is 0 Å². The monoisotopic (exact) mass is 380 g/mol. The van der Waals surface area contributed by atoms with Crippen LogP contribution in [-0.2, 0) is 14.4 Å². The molecule has 1 aromatic rings. The molecule has 0 aromatic heterocycles. The second kappa shape index (κ2) is 6.41. The largest absolute Gasteiger partial charge is 0.369 e. The van der Waals surface area contributed by atoms with Gasteiger partial charge < -0.3 is 10.6 Å². The van der Waals surface area contributed by atoms with Gasteiger partial charge in [-0.1, -0.05) is 15.9 Å². The van der Waals surface area contributed by atoms with E-state index in [0.29, 0.717) is 31.6 Å². The summed E-state index contributed by atoms with van der Waals surface area (Å²) in [5.41, 5.74) is 5.95. The molecule has 1 aromatic carbocycles. The summed E-state index contributed by atoms with van der Waals surface area (Å²) in [4.78, 5) is 38.6. The molecule has 122 valence electrons. The minimum absolute atomic E-state index is 0.103. The molecular weight excluding hydrogens is 362 g/mol. The summed E-state index contributed by atoms with van der Waals surface area (Å²) in [6.45, 7) is 1.40. The molecule has 23 heavy (non-hydrogen) atoms. The van der Waals surface area contributed by atoms with E-state index in [0.717, 1.165) is 9.37 Å². The predicted molar refractivity (Wildman–Crippen MR) is 87.7 cm³/mol. The molecule has 2 aliphatic heterocycles. The van der Waals surface area contributed by atoms with E-state index in [1.807, 2.05) is 12.1 Å². The van der Waals surface area contributed by atoms with Gasteiger partial charge in [0.2, 0.25) is 11.8 Å². The lowest BCUT2D eigenvalue weighted by molar-refractivity contribution is -0.920. The van der Waals surface area contributed by atoms with Gasteiger partial charge in [0.25, 0.3) is 5.91 Å². The summed E-state index contributed by atoms with van der Waals surface area (Å²) in [6.07, 6.45) is 1.59. The number of anilines is 1. The number of benzene rings is 1. The van der Waals surface area contributed by atoms with Gasteiger partial charge in [-0.25, -0.2) is 4.90 Å². The van der Waals surface area contributed by atoms with Gasteiger partial charge in [0.15, 0.2) is 6.04 Å². The third-order valence-corrected chi connectivity index (χ3v) is 5.28. The third-order valence-electron chi connectivity index (χ3n) is 4.75. The second-order valence-corrected chi connectivity index (χ2v) is 7.05. The van der Waals surface area contributed by atoms with Crippen molar-refractivity contribution in [3.63, 3.8) is 0 Å². The molecule has 7 heteroatoms. The molecule has 2 saturated heterocycles. The summed E-state index contributed by atoms with van der Waals surface area (Å²) >= 11 is 3.35. The van der Waals surface area contributed by atoms with Gasteiger partial charge in [-0.3, -0.25) is 14.4 Å². The lowest BCUT2D eigenvalue weighted by atomic mass is 9.95. The highest BCUT2D eigenvalue weighted by molar-refractivity contribution is 9.10. The topological polar surface area (TPSA) is 84.9 Å². The Morgan fingerprint density at radius 1 is 1.17 bits per heavy atom. The Bertz CT molecular complexity index is 638. The number of nitrogens with two attached hydrogens (primary N) is 1. The number of imide groups is 1. The first-order valence-electron chi connectivity index (χ1n) is 7.73. The maximum atomic E-state index is 12.7. The number of piperidine rings is 1. The van der Waals surface area contributed by atoms with Crippen LogP contribution in [0, 0.1) is 5.92 Å². The minimum Gasteiger partial charge on any atom is -0.369 e. The average Bonchev–Trinajstić information content (AvgIpc) is 2.83. The zero-order chi connectivity index (χ0) is 16.6. The van der Waals surface area contributed by atoms with Crippen LogP contribution in [0.15, 0.2) is 28.7 Å². The first-order valence-corrected chi connectivity index (χ1v) is 8.53. The Balaban J connectivity index is 1.72. The number of nitrogens with one attached hydrogen (secondary N) is 1. The van der Waals surface area contributed by atoms with Crippen molar-refractivity contribution in [2.24, 2.45) is 11.7 Å². The van der Waals surface area contributed by atoms with Crippen molar-refractivity contribution in [1.82, 2.24) is 0 Å². The molecule has 2 fully saturated rings. The quantitative estimate of drug-likeness (QED) is 0.715. The fourth-order valence-corrected chi connectivity index (χ4v) is 3.70. The Morgan fingerprint density at radius 3 is 2.35 bits per heavy atom. The lowest BCUT2D eigenvalue weighted by Crippen LogP contribution is -3.17. The van der Waals surface area contributed by atoms with Gasteiger partial charge >= 0.3 is 0 Å². The molecule has 1 unspecified atom stereocenters. The van der Waals surface area contributed by atoms with Crippen LogP contribution in [0.1, 0.15) is 19.3 Å². The molecule has 0 saturated carbocycles. The summed E-state index contributed by atoms with van der Waals surface area (Å²) in [6, 6.07) is 6.80. The molecule has 3 amide bonds. The van der Waals surface area contributed by atoms with Crippen LogP contribution >= 0.6 is 15.9 Å². The Kier molecular flexibility index (Phi) is 4.50. The number of carbonyl (C=O) groups excluding carboxylic acids is 3.